The van der Waals surface area contributed by atoms with Crippen molar-refractivity contribution in [3.05, 3.63) is 102 Å². The Morgan fingerprint density at radius 3 is 2.00 bits per heavy atom. The summed E-state index contributed by atoms with van der Waals surface area (Å²) < 4.78 is 0. The van der Waals surface area contributed by atoms with Crippen LogP contribution in [0.15, 0.2) is 85.1 Å². The van der Waals surface area contributed by atoms with Gasteiger partial charge in [-0.2, -0.15) is 0 Å². The van der Waals surface area contributed by atoms with Gasteiger partial charge in [0.2, 0.25) is 17.7 Å². The molecule has 11 nitrogen and oxygen atoms in total. The molecule has 4 rings (SSSR count). The fraction of sp³-hybridized carbons (Fsp3) is 0.294. The number of fused-ring (bicyclic) bond motifs is 1. The predicted octanol–water partition coefficient (Wildman–Crippen LogP) is 2.42. The molecule has 0 aliphatic heterocycles. The van der Waals surface area contributed by atoms with Crippen molar-refractivity contribution in [3.8, 4) is 5.75 Å². The molecular formula is C34H39N5O6. The first-order valence-corrected chi connectivity index (χ1v) is 14.8. The van der Waals surface area contributed by atoms with E-state index in [2.05, 4.69) is 20.9 Å². The van der Waals surface area contributed by atoms with E-state index < -0.39 is 47.9 Å². The number of hydrogen-bond donors (Lipinski definition) is 7. The van der Waals surface area contributed by atoms with Crippen LogP contribution in [0.3, 0.4) is 0 Å². The van der Waals surface area contributed by atoms with Gasteiger partial charge in [0.1, 0.15) is 23.9 Å². The molecule has 8 N–H and O–H groups in total. The number of hydrogen-bond acceptors (Lipinski definition) is 6. The Kier molecular flexibility index (Phi) is 10.9. The number of carboxylic acids is 1. The van der Waals surface area contributed by atoms with Crippen LogP contribution in [-0.2, 0) is 38.4 Å². The summed E-state index contributed by atoms with van der Waals surface area (Å²) in [6.45, 7) is 3.53. The number of nitrogens with two attached hydrogens (primary N) is 1. The van der Waals surface area contributed by atoms with Gasteiger partial charge in [-0.15, -0.1) is 0 Å². The Morgan fingerprint density at radius 2 is 1.33 bits per heavy atom. The molecule has 0 aliphatic carbocycles. The average Bonchev–Trinajstić information content (AvgIpc) is 3.42. The van der Waals surface area contributed by atoms with Gasteiger partial charge in [-0.25, -0.2) is 4.79 Å². The number of phenols is 1. The van der Waals surface area contributed by atoms with Crippen LogP contribution in [0.2, 0.25) is 0 Å². The lowest BCUT2D eigenvalue weighted by Crippen LogP contribution is -2.59. The molecule has 1 heterocycles. The number of aliphatic carboxylic acids is 1. The van der Waals surface area contributed by atoms with Crippen LogP contribution < -0.4 is 21.7 Å². The van der Waals surface area contributed by atoms with E-state index in [1.807, 2.05) is 36.5 Å². The third kappa shape index (κ3) is 8.93. The number of amides is 3. The highest BCUT2D eigenvalue weighted by molar-refractivity contribution is 5.94. The first-order chi connectivity index (χ1) is 21.5. The minimum atomic E-state index is -1.29. The maximum atomic E-state index is 13.6. The van der Waals surface area contributed by atoms with E-state index in [-0.39, 0.29) is 30.9 Å². The van der Waals surface area contributed by atoms with Gasteiger partial charge in [0.25, 0.3) is 0 Å². The van der Waals surface area contributed by atoms with Crippen molar-refractivity contribution in [1.82, 2.24) is 20.9 Å². The number of para-hydroxylation sites is 1. The third-order valence-corrected chi connectivity index (χ3v) is 7.60. The highest BCUT2D eigenvalue weighted by atomic mass is 16.4. The number of aromatic nitrogens is 1. The molecule has 11 heteroatoms. The summed E-state index contributed by atoms with van der Waals surface area (Å²) in [5, 5.41) is 28.4. The van der Waals surface area contributed by atoms with Crippen LogP contribution in [0.1, 0.15) is 30.5 Å². The quantitative estimate of drug-likeness (QED) is 0.114. The topological polar surface area (TPSA) is 187 Å². The van der Waals surface area contributed by atoms with E-state index in [0.717, 1.165) is 22.0 Å². The van der Waals surface area contributed by atoms with E-state index in [0.29, 0.717) is 5.56 Å². The molecule has 3 amide bonds. The number of carbonyl (C=O) groups is 4. The summed E-state index contributed by atoms with van der Waals surface area (Å²) in [5.74, 6) is -3.37. The third-order valence-electron chi connectivity index (χ3n) is 7.60. The molecule has 4 unspecified atom stereocenters. The van der Waals surface area contributed by atoms with Crippen molar-refractivity contribution in [2.24, 2.45) is 11.7 Å². The maximum absolute atomic E-state index is 13.6. The van der Waals surface area contributed by atoms with Gasteiger partial charge in [-0.1, -0.05) is 74.5 Å². The number of carboxylic acid groups (broad SMARTS) is 1. The summed E-state index contributed by atoms with van der Waals surface area (Å²) in [7, 11) is 0. The van der Waals surface area contributed by atoms with Crippen LogP contribution >= 0.6 is 0 Å². The molecular weight excluding hydrogens is 574 g/mol. The minimum absolute atomic E-state index is 0.0333. The number of H-pyrrole nitrogens is 1. The number of benzene rings is 3. The zero-order valence-corrected chi connectivity index (χ0v) is 25.2. The van der Waals surface area contributed by atoms with Gasteiger partial charge in [0.15, 0.2) is 0 Å². The molecule has 1 aromatic heterocycles. The Labute approximate surface area is 261 Å². The standard InChI is InChI=1S/C34H39N5O6/c1-20(2)30(39-31(41)26(35)18-23-19-36-27-11-7-6-10-25(23)27)33(43)37-28(16-21-8-4-3-5-9-21)32(42)38-29(34(44)45)17-22-12-14-24(40)15-13-22/h3-15,19-20,26,28-30,36,40H,16-18,35H2,1-2H3,(H,37,43)(H,38,42)(H,39,41)(H,44,45). The Bertz CT molecular complexity index is 1620. The molecule has 0 spiro atoms. The smallest absolute Gasteiger partial charge is 0.326 e. The van der Waals surface area contributed by atoms with Crippen LogP contribution in [0.4, 0.5) is 0 Å². The first kappa shape index (κ1) is 32.7. The molecule has 0 aliphatic rings. The number of carbonyl (C=O) groups excluding carboxylic acids is 3. The molecule has 0 radical (unpaired) electrons. The number of aromatic amines is 1. The van der Waals surface area contributed by atoms with Crippen molar-refractivity contribution < 1.29 is 29.4 Å². The van der Waals surface area contributed by atoms with Gasteiger partial charge in [-0.05, 0) is 47.2 Å². The Morgan fingerprint density at radius 1 is 0.733 bits per heavy atom. The second-order valence-electron chi connectivity index (χ2n) is 11.4. The molecule has 0 saturated heterocycles. The number of nitrogens with one attached hydrogen (secondary N) is 4. The molecule has 4 atom stereocenters. The molecule has 45 heavy (non-hydrogen) atoms. The fourth-order valence-corrected chi connectivity index (χ4v) is 5.09. The number of aromatic hydroxyl groups is 1. The second-order valence-corrected chi connectivity index (χ2v) is 11.4. The van der Waals surface area contributed by atoms with Crippen LogP contribution in [0.25, 0.3) is 10.9 Å². The lowest BCUT2D eigenvalue weighted by atomic mass is 9.99. The minimum Gasteiger partial charge on any atom is -0.508 e. The lowest BCUT2D eigenvalue weighted by Gasteiger charge is -2.27. The summed E-state index contributed by atoms with van der Waals surface area (Å²) in [6.07, 6.45) is 2.11. The van der Waals surface area contributed by atoms with Crippen molar-refractivity contribution in [2.45, 2.75) is 57.3 Å². The Hall–Kier alpha value is -5.16. The summed E-state index contributed by atoms with van der Waals surface area (Å²) >= 11 is 0. The van der Waals surface area contributed by atoms with Gasteiger partial charge < -0.3 is 36.9 Å². The Balaban J connectivity index is 1.47. The van der Waals surface area contributed by atoms with E-state index >= 15 is 0 Å². The largest absolute Gasteiger partial charge is 0.508 e. The van der Waals surface area contributed by atoms with Crippen LogP contribution in [0.5, 0.6) is 5.75 Å². The zero-order valence-electron chi connectivity index (χ0n) is 25.2. The maximum Gasteiger partial charge on any atom is 0.326 e. The van der Waals surface area contributed by atoms with Gasteiger partial charge in [-0.3, -0.25) is 14.4 Å². The molecule has 0 fully saturated rings. The molecule has 0 saturated carbocycles. The monoisotopic (exact) mass is 613 g/mol. The summed E-state index contributed by atoms with van der Waals surface area (Å²) in [4.78, 5) is 55.5. The average molecular weight is 614 g/mol. The normalized spacial score (nSPS) is 13.9. The van der Waals surface area contributed by atoms with Gasteiger partial charge in [0.05, 0.1) is 6.04 Å². The molecule has 236 valence electrons. The highest BCUT2D eigenvalue weighted by Crippen LogP contribution is 2.19. The van der Waals surface area contributed by atoms with Crippen LogP contribution in [-0.4, -0.2) is 63.1 Å². The molecule has 0 bridgehead atoms. The first-order valence-electron chi connectivity index (χ1n) is 14.8. The SMILES string of the molecule is CC(C)C(NC(=O)C(N)Cc1c[nH]c2ccccc12)C(=O)NC(Cc1ccccc1)C(=O)NC(Cc1ccc(O)cc1)C(=O)O. The highest BCUT2D eigenvalue weighted by Gasteiger charge is 2.32. The molecule has 4 aromatic rings. The number of rotatable bonds is 14. The summed E-state index contributed by atoms with van der Waals surface area (Å²) in [5.41, 5.74) is 9.40. The van der Waals surface area contributed by atoms with Crippen molar-refractivity contribution in [2.75, 3.05) is 0 Å². The zero-order chi connectivity index (χ0) is 32.5. The second kappa shape index (κ2) is 15.0. The van der Waals surface area contributed by atoms with Crippen molar-refractivity contribution in [3.63, 3.8) is 0 Å². The van der Waals surface area contributed by atoms with Crippen molar-refractivity contribution >= 4 is 34.6 Å². The van der Waals surface area contributed by atoms with E-state index in [9.17, 15) is 29.4 Å². The number of phenolic OH excluding ortho intramolecular Hbond substituents is 1. The van der Waals surface area contributed by atoms with Crippen LogP contribution in [0, 0.1) is 5.92 Å². The van der Waals surface area contributed by atoms with Gasteiger partial charge in [0, 0.05) is 29.9 Å². The van der Waals surface area contributed by atoms with E-state index in [1.165, 1.54) is 12.1 Å². The predicted molar refractivity (Wildman–Crippen MR) is 170 cm³/mol. The van der Waals surface area contributed by atoms with E-state index in [4.69, 9.17) is 5.73 Å². The summed E-state index contributed by atoms with van der Waals surface area (Å²) in [6, 6.07) is 18.3. The van der Waals surface area contributed by atoms with Gasteiger partial charge >= 0.3 is 5.97 Å². The lowest BCUT2D eigenvalue weighted by molar-refractivity contribution is -0.142. The fourth-order valence-electron chi connectivity index (χ4n) is 5.09. The van der Waals surface area contributed by atoms with E-state index in [1.54, 1.807) is 50.2 Å². The molecule has 3 aromatic carbocycles. The van der Waals surface area contributed by atoms with Crippen molar-refractivity contribution in [1.29, 1.82) is 0 Å².